The number of rotatable bonds is 3. The van der Waals surface area contributed by atoms with Crippen molar-refractivity contribution in [2.75, 3.05) is 0 Å². The van der Waals surface area contributed by atoms with Crippen LogP contribution in [-0.4, -0.2) is 5.11 Å². The molecule has 1 aliphatic carbocycles. The van der Waals surface area contributed by atoms with Gasteiger partial charge in [-0.1, -0.05) is 19.4 Å². The van der Waals surface area contributed by atoms with Crippen molar-refractivity contribution < 1.29 is 9.50 Å². The Morgan fingerprint density at radius 3 is 2.89 bits per heavy atom. The first-order valence-electron chi connectivity index (χ1n) is 6.56. The minimum Gasteiger partial charge on any atom is -0.387 e. The fourth-order valence-corrected chi connectivity index (χ4v) is 3.19. The molecule has 2 nitrogen and oxygen atoms in total. The van der Waals surface area contributed by atoms with Gasteiger partial charge in [0.1, 0.15) is 5.82 Å². The van der Waals surface area contributed by atoms with Crippen molar-refractivity contribution >= 4 is 15.9 Å². The molecule has 0 aliphatic heterocycles. The van der Waals surface area contributed by atoms with E-state index < -0.39 is 17.3 Å². The lowest BCUT2D eigenvalue weighted by molar-refractivity contribution is 0.0638. The average molecular weight is 326 g/mol. The summed E-state index contributed by atoms with van der Waals surface area (Å²) in [6.07, 6.45) is 2.43. The molecule has 0 spiro atoms. The van der Waals surface area contributed by atoms with Crippen LogP contribution < -0.4 is 0 Å². The van der Waals surface area contributed by atoms with E-state index in [0.29, 0.717) is 28.8 Å². The van der Waals surface area contributed by atoms with Crippen LogP contribution in [0, 0.1) is 28.5 Å². The van der Waals surface area contributed by atoms with E-state index in [-0.39, 0.29) is 0 Å². The summed E-state index contributed by atoms with van der Waals surface area (Å²) in [4.78, 5) is 0. The van der Waals surface area contributed by atoms with Crippen molar-refractivity contribution in [1.82, 2.24) is 0 Å². The standard InChI is InChI=1S/C15H17BrFNO/c1-2-10-5-6-15(8-10,9-18)14(19)11-3-4-12(16)13(17)7-11/h3-4,7,10,14,19H,2,5-6,8H2,1H3. The molecule has 0 aromatic heterocycles. The molecule has 0 heterocycles. The van der Waals surface area contributed by atoms with Crippen molar-refractivity contribution in [1.29, 1.82) is 5.26 Å². The maximum Gasteiger partial charge on any atom is 0.137 e. The average Bonchev–Trinajstić information content (AvgIpc) is 2.86. The Bertz CT molecular complexity index is 513. The Morgan fingerprint density at radius 1 is 1.63 bits per heavy atom. The minimum atomic E-state index is -0.920. The van der Waals surface area contributed by atoms with Crippen LogP contribution in [-0.2, 0) is 0 Å². The van der Waals surface area contributed by atoms with Crippen molar-refractivity contribution in [3.63, 3.8) is 0 Å². The lowest BCUT2D eigenvalue weighted by Gasteiger charge is -2.28. The minimum absolute atomic E-state index is 0.368. The SMILES string of the molecule is CCC1CCC(C#N)(C(O)c2ccc(Br)c(F)c2)C1. The number of hydrogen-bond donors (Lipinski definition) is 1. The Balaban J connectivity index is 2.29. The van der Waals surface area contributed by atoms with E-state index in [9.17, 15) is 14.8 Å². The molecular formula is C15H17BrFNO. The number of aliphatic hydroxyl groups is 1. The van der Waals surface area contributed by atoms with Crippen molar-refractivity contribution in [3.8, 4) is 6.07 Å². The molecule has 1 fully saturated rings. The molecule has 1 N–H and O–H groups in total. The van der Waals surface area contributed by atoms with Gasteiger partial charge in [-0.05, 0) is 58.8 Å². The molecule has 0 radical (unpaired) electrons. The zero-order valence-corrected chi connectivity index (χ0v) is 12.5. The van der Waals surface area contributed by atoms with Gasteiger partial charge in [-0.2, -0.15) is 5.26 Å². The predicted molar refractivity (Wildman–Crippen MR) is 74.7 cm³/mol. The monoisotopic (exact) mass is 325 g/mol. The van der Waals surface area contributed by atoms with Crippen LogP contribution in [0.3, 0.4) is 0 Å². The maximum atomic E-state index is 13.6. The molecule has 0 saturated heterocycles. The van der Waals surface area contributed by atoms with Gasteiger partial charge in [0.2, 0.25) is 0 Å². The highest BCUT2D eigenvalue weighted by Crippen LogP contribution is 2.50. The number of hydrogen-bond acceptors (Lipinski definition) is 2. The van der Waals surface area contributed by atoms with Crippen LogP contribution in [0.1, 0.15) is 44.3 Å². The third kappa shape index (κ3) is 2.68. The van der Waals surface area contributed by atoms with E-state index in [0.717, 1.165) is 12.8 Å². The normalized spacial score (nSPS) is 28.1. The first-order valence-corrected chi connectivity index (χ1v) is 7.36. The van der Waals surface area contributed by atoms with Gasteiger partial charge in [0.05, 0.1) is 22.1 Å². The number of halogens is 2. The predicted octanol–water partition coefficient (Wildman–Crippen LogP) is 4.34. The fourth-order valence-electron chi connectivity index (χ4n) is 2.94. The highest BCUT2D eigenvalue weighted by atomic mass is 79.9. The molecule has 102 valence electrons. The van der Waals surface area contributed by atoms with E-state index in [1.54, 1.807) is 12.1 Å². The molecule has 1 aromatic rings. The molecule has 0 amide bonds. The summed E-state index contributed by atoms with van der Waals surface area (Å²) in [5.74, 6) is 0.0734. The Kier molecular flexibility index (Phi) is 4.27. The summed E-state index contributed by atoms with van der Waals surface area (Å²) in [7, 11) is 0. The van der Waals surface area contributed by atoms with Gasteiger partial charge in [0.15, 0.2) is 0 Å². The second-order valence-corrected chi connectivity index (χ2v) is 6.22. The second kappa shape index (κ2) is 5.60. The smallest absolute Gasteiger partial charge is 0.137 e. The molecule has 3 atom stereocenters. The lowest BCUT2D eigenvalue weighted by atomic mass is 9.78. The van der Waals surface area contributed by atoms with E-state index >= 15 is 0 Å². The summed E-state index contributed by atoms with van der Waals surface area (Å²) in [6.45, 7) is 2.10. The molecule has 2 rings (SSSR count). The van der Waals surface area contributed by atoms with E-state index in [2.05, 4.69) is 28.9 Å². The van der Waals surface area contributed by atoms with Crippen LogP contribution in [0.15, 0.2) is 22.7 Å². The Hall–Kier alpha value is -0.920. The maximum absolute atomic E-state index is 13.6. The number of nitriles is 1. The van der Waals surface area contributed by atoms with Gasteiger partial charge in [-0.25, -0.2) is 4.39 Å². The summed E-state index contributed by atoms with van der Waals surface area (Å²) in [5, 5.41) is 20.0. The fraction of sp³-hybridized carbons (Fsp3) is 0.533. The van der Waals surface area contributed by atoms with Gasteiger partial charge >= 0.3 is 0 Å². The molecule has 0 bridgehead atoms. The third-order valence-electron chi connectivity index (χ3n) is 4.23. The van der Waals surface area contributed by atoms with Crippen molar-refractivity contribution in [2.24, 2.45) is 11.3 Å². The molecule has 1 aromatic carbocycles. The highest BCUT2D eigenvalue weighted by molar-refractivity contribution is 9.10. The van der Waals surface area contributed by atoms with Crippen molar-refractivity contribution in [3.05, 3.63) is 34.1 Å². The Labute approximate surface area is 121 Å². The number of nitrogens with zero attached hydrogens (tertiary/aromatic N) is 1. The van der Waals surface area contributed by atoms with Gasteiger partial charge < -0.3 is 5.11 Å². The first kappa shape index (κ1) is 14.5. The van der Waals surface area contributed by atoms with Gasteiger partial charge in [0, 0.05) is 0 Å². The Morgan fingerprint density at radius 2 is 2.37 bits per heavy atom. The molecule has 1 saturated carbocycles. The summed E-state index contributed by atoms with van der Waals surface area (Å²) >= 11 is 3.09. The quantitative estimate of drug-likeness (QED) is 0.898. The van der Waals surface area contributed by atoms with Crippen LogP contribution in [0.25, 0.3) is 0 Å². The van der Waals surface area contributed by atoms with E-state index in [1.165, 1.54) is 6.07 Å². The zero-order valence-electron chi connectivity index (χ0n) is 10.9. The number of aliphatic hydroxyl groups excluding tert-OH is 1. The molecular weight excluding hydrogens is 309 g/mol. The van der Waals surface area contributed by atoms with Crippen LogP contribution in [0.4, 0.5) is 4.39 Å². The van der Waals surface area contributed by atoms with Crippen LogP contribution in [0.2, 0.25) is 0 Å². The molecule has 1 aliphatic rings. The number of benzene rings is 1. The largest absolute Gasteiger partial charge is 0.387 e. The first-order chi connectivity index (χ1) is 9.02. The zero-order chi connectivity index (χ0) is 14.0. The molecule has 4 heteroatoms. The summed E-state index contributed by atoms with van der Waals surface area (Å²) in [5.41, 5.74) is -0.278. The third-order valence-corrected chi connectivity index (χ3v) is 4.88. The summed E-state index contributed by atoms with van der Waals surface area (Å²) in [6, 6.07) is 6.85. The molecule has 19 heavy (non-hydrogen) atoms. The van der Waals surface area contributed by atoms with Gasteiger partial charge in [-0.3, -0.25) is 0 Å². The van der Waals surface area contributed by atoms with Gasteiger partial charge in [-0.15, -0.1) is 0 Å². The van der Waals surface area contributed by atoms with Gasteiger partial charge in [0.25, 0.3) is 0 Å². The highest BCUT2D eigenvalue weighted by Gasteiger charge is 2.45. The lowest BCUT2D eigenvalue weighted by Crippen LogP contribution is -2.24. The molecule has 3 unspecified atom stereocenters. The summed E-state index contributed by atoms with van der Waals surface area (Å²) < 4.78 is 13.9. The second-order valence-electron chi connectivity index (χ2n) is 5.36. The van der Waals surface area contributed by atoms with Crippen LogP contribution >= 0.6 is 15.9 Å². The van der Waals surface area contributed by atoms with Crippen LogP contribution in [0.5, 0.6) is 0 Å². The van der Waals surface area contributed by atoms with E-state index in [4.69, 9.17) is 0 Å². The van der Waals surface area contributed by atoms with Crippen molar-refractivity contribution in [2.45, 2.75) is 38.7 Å². The van der Waals surface area contributed by atoms with E-state index in [1.807, 2.05) is 0 Å². The topological polar surface area (TPSA) is 44.0 Å².